The Kier molecular flexibility index (Phi) is 6.94. The Morgan fingerprint density at radius 2 is 1.90 bits per heavy atom. The molecule has 0 aliphatic heterocycles. The van der Waals surface area contributed by atoms with E-state index in [0.717, 1.165) is 50.6 Å². The highest BCUT2D eigenvalue weighted by atomic mass is 32.2. The Labute approximate surface area is 175 Å². The summed E-state index contributed by atoms with van der Waals surface area (Å²) < 4.78 is 45.1. The van der Waals surface area contributed by atoms with Crippen molar-refractivity contribution in [1.82, 2.24) is 5.32 Å². The molecular formula is C23H36FNO3S. The molecule has 0 bridgehead atoms. The topological polar surface area (TPSA) is 55.4 Å². The molecule has 2 aliphatic rings. The van der Waals surface area contributed by atoms with Gasteiger partial charge in [0.05, 0.1) is 18.1 Å². The van der Waals surface area contributed by atoms with Gasteiger partial charge in [0.25, 0.3) is 0 Å². The molecule has 6 heteroatoms. The summed E-state index contributed by atoms with van der Waals surface area (Å²) in [6.07, 6.45) is 6.57. The zero-order chi connectivity index (χ0) is 21.1. The molecule has 0 atom stereocenters. The Hall–Kier alpha value is -1.14. The third-order valence-corrected chi connectivity index (χ3v) is 7.76. The van der Waals surface area contributed by atoms with E-state index in [1.165, 1.54) is 6.07 Å². The summed E-state index contributed by atoms with van der Waals surface area (Å²) in [7, 11) is -3.13. The standard InChI is InChI=1S/C23H36FNO3S/c1-22(2,3)25-13-5-4-6-14-29(26,27)17-23(11-12-23)19-9-10-20(24)21(15-19)28-16-18-7-8-18/h9-10,15,18,25H,4-8,11-14,16-17H2,1-3H3. The van der Waals surface area contributed by atoms with Crippen LogP contribution in [0.4, 0.5) is 4.39 Å². The Morgan fingerprint density at radius 3 is 2.52 bits per heavy atom. The minimum atomic E-state index is -3.13. The van der Waals surface area contributed by atoms with E-state index in [0.29, 0.717) is 18.9 Å². The summed E-state index contributed by atoms with van der Waals surface area (Å²) in [5, 5.41) is 3.43. The largest absolute Gasteiger partial charge is 0.490 e. The number of benzene rings is 1. The second-order valence-corrected chi connectivity index (χ2v) is 12.2. The van der Waals surface area contributed by atoms with Crippen LogP contribution < -0.4 is 10.1 Å². The summed E-state index contributed by atoms with van der Waals surface area (Å²) in [6.45, 7) is 7.85. The maximum absolute atomic E-state index is 14.1. The van der Waals surface area contributed by atoms with Crippen LogP contribution in [0.1, 0.15) is 71.3 Å². The number of ether oxygens (including phenoxy) is 1. The van der Waals surface area contributed by atoms with E-state index in [9.17, 15) is 12.8 Å². The predicted molar refractivity (Wildman–Crippen MR) is 116 cm³/mol. The molecule has 0 heterocycles. The van der Waals surface area contributed by atoms with E-state index < -0.39 is 9.84 Å². The van der Waals surface area contributed by atoms with Gasteiger partial charge >= 0.3 is 0 Å². The van der Waals surface area contributed by atoms with Crippen molar-refractivity contribution < 1.29 is 17.5 Å². The highest BCUT2D eigenvalue weighted by Crippen LogP contribution is 2.50. The van der Waals surface area contributed by atoms with Gasteiger partial charge in [-0.3, -0.25) is 0 Å². The van der Waals surface area contributed by atoms with Crippen LogP contribution in [0.3, 0.4) is 0 Å². The number of halogens is 1. The fourth-order valence-electron chi connectivity index (χ4n) is 3.68. The molecule has 0 unspecified atom stereocenters. The molecule has 3 rings (SSSR count). The third-order valence-electron chi connectivity index (χ3n) is 5.85. The summed E-state index contributed by atoms with van der Waals surface area (Å²) in [5.41, 5.74) is 0.654. The first-order valence-corrected chi connectivity index (χ1v) is 12.8. The summed E-state index contributed by atoms with van der Waals surface area (Å²) >= 11 is 0. The fourth-order valence-corrected chi connectivity index (χ4v) is 5.77. The van der Waals surface area contributed by atoms with Crippen molar-refractivity contribution in [2.75, 3.05) is 24.7 Å². The number of unbranched alkanes of at least 4 members (excludes halogenated alkanes) is 2. The zero-order valence-corrected chi connectivity index (χ0v) is 18.9. The number of rotatable bonds is 12. The van der Waals surface area contributed by atoms with Crippen molar-refractivity contribution in [2.24, 2.45) is 5.92 Å². The van der Waals surface area contributed by atoms with Crippen molar-refractivity contribution in [3.05, 3.63) is 29.6 Å². The lowest BCUT2D eigenvalue weighted by molar-refractivity contribution is 0.285. The number of hydrogen-bond donors (Lipinski definition) is 1. The predicted octanol–water partition coefficient (Wildman–Crippen LogP) is 4.62. The average Bonchev–Trinajstić information content (AvgIpc) is 3.52. The van der Waals surface area contributed by atoms with Crippen LogP contribution in [0.2, 0.25) is 0 Å². The van der Waals surface area contributed by atoms with E-state index in [4.69, 9.17) is 4.74 Å². The van der Waals surface area contributed by atoms with Crippen molar-refractivity contribution in [1.29, 1.82) is 0 Å². The van der Waals surface area contributed by atoms with Gasteiger partial charge in [-0.2, -0.15) is 0 Å². The first-order valence-electron chi connectivity index (χ1n) is 11.0. The Bertz CT molecular complexity index is 793. The van der Waals surface area contributed by atoms with Gasteiger partial charge in [-0.05, 0) is 89.5 Å². The Balaban J connectivity index is 1.50. The molecule has 1 N–H and O–H groups in total. The summed E-state index contributed by atoms with van der Waals surface area (Å²) in [6, 6.07) is 4.89. The molecule has 1 aromatic rings. The molecular weight excluding hydrogens is 389 g/mol. The van der Waals surface area contributed by atoms with Crippen molar-refractivity contribution in [2.45, 2.75) is 76.7 Å². The summed E-state index contributed by atoms with van der Waals surface area (Å²) in [4.78, 5) is 0. The number of hydrogen-bond acceptors (Lipinski definition) is 4. The minimum Gasteiger partial charge on any atom is -0.490 e. The highest BCUT2D eigenvalue weighted by molar-refractivity contribution is 7.91. The quantitative estimate of drug-likeness (QED) is 0.497. The van der Waals surface area contributed by atoms with E-state index in [1.807, 2.05) is 0 Å². The van der Waals surface area contributed by atoms with Gasteiger partial charge in [0.15, 0.2) is 21.4 Å². The summed E-state index contributed by atoms with van der Waals surface area (Å²) in [5.74, 6) is 0.845. The second kappa shape index (κ2) is 8.93. The molecule has 0 spiro atoms. The highest BCUT2D eigenvalue weighted by Gasteiger charge is 2.47. The maximum Gasteiger partial charge on any atom is 0.165 e. The normalized spacial score (nSPS) is 18.6. The molecule has 164 valence electrons. The first-order chi connectivity index (χ1) is 13.6. The van der Waals surface area contributed by atoms with Gasteiger partial charge < -0.3 is 10.1 Å². The molecule has 2 fully saturated rings. The van der Waals surface area contributed by atoms with Crippen molar-refractivity contribution >= 4 is 9.84 Å². The molecule has 2 aliphatic carbocycles. The van der Waals surface area contributed by atoms with Gasteiger partial charge in [-0.25, -0.2) is 12.8 Å². The van der Waals surface area contributed by atoms with Crippen molar-refractivity contribution in [3.8, 4) is 5.75 Å². The molecule has 1 aromatic carbocycles. The van der Waals surface area contributed by atoms with Gasteiger partial charge in [0.2, 0.25) is 0 Å². The van der Waals surface area contributed by atoms with E-state index in [1.54, 1.807) is 12.1 Å². The van der Waals surface area contributed by atoms with Crippen LogP contribution in [0.15, 0.2) is 18.2 Å². The average molecular weight is 426 g/mol. The molecule has 29 heavy (non-hydrogen) atoms. The van der Waals surface area contributed by atoms with Crippen LogP contribution in [0.25, 0.3) is 0 Å². The molecule has 0 aromatic heterocycles. The molecule has 4 nitrogen and oxygen atoms in total. The lowest BCUT2D eigenvalue weighted by Crippen LogP contribution is -2.36. The molecule has 2 saturated carbocycles. The van der Waals surface area contributed by atoms with Gasteiger partial charge in [-0.15, -0.1) is 0 Å². The van der Waals surface area contributed by atoms with Gasteiger partial charge in [-0.1, -0.05) is 12.5 Å². The first kappa shape index (κ1) is 22.5. The van der Waals surface area contributed by atoms with Gasteiger partial charge in [0, 0.05) is 11.0 Å². The molecule has 0 saturated heterocycles. The van der Waals surface area contributed by atoms with Gasteiger partial charge in [0.1, 0.15) is 0 Å². The SMILES string of the molecule is CC(C)(C)NCCCCCS(=O)(=O)CC1(c2ccc(F)c(OCC3CC3)c2)CC1. The minimum absolute atomic E-state index is 0.0980. The van der Waals surface area contributed by atoms with Crippen LogP contribution >= 0.6 is 0 Å². The zero-order valence-electron chi connectivity index (χ0n) is 18.1. The number of nitrogens with one attached hydrogen (secondary N) is 1. The molecule has 0 radical (unpaired) electrons. The third kappa shape index (κ3) is 7.25. The van der Waals surface area contributed by atoms with Crippen LogP contribution in [-0.4, -0.2) is 38.6 Å². The molecule has 0 amide bonds. The Morgan fingerprint density at radius 1 is 1.17 bits per heavy atom. The smallest absolute Gasteiger partial charge is 0.165 e. The van der Waals surface area contributed by atoms with Crippen LogP contribution in [0, 0.1) is 11.7 Å². The maximum atomic E-state index is 14.1. The number of sulfone groups is 1. The lowest BCUT2D eigenvalue weighted by atomic mass is 9.98. The van der Waals surface area contributed by atoms with E-state index in [2.05, 4.69) is 26.1 Å². The fraction of sp³-hybridized carbons (Fsp3) is 0.739. The van der Waals surface area contributed by atoms with Crippen LogP contribution in [-0.2, 0) is 15.3 Å². The van der Waals surface area contributed by atoms with E-state index >= 15 is 0 Å². The monoisotopic (exact) mass is 425 g/mol. The second-order valence-electron chi connectivity index (χ2n) is 10.0. The lowest BCUT2D eigenvalue weighted by Gasteiger charge is -2.20. The van der Waals surface area contributed by atoms with Crippen LogP contribution in [0.5, 0.6) is 5.75 Å². The van der Waals surface area contributed by atoms with Crippen molar-refractivity contribution in [3.63, 3.8) is 0 Å². The van der Waals surface area contributed by atoms with E-state index in [-0.39, 0.29) is 34.0 Å².